The maximum atomic E-state index is 12.9. The van der Waals surface area contributed by atoms with Gasteiger partial charge >= 0.3 is 6.03 Å². The van der Waals surface area contributed by atoms with E-state index in [0.29, 0.717) is 24.6 Å². The normalized spacial score (nSPS) is 19.9. The minimum absolute atomic E-state index is 0.0946. The van der Waals surface area contributed by atoms with Gasteiger partial charge in [0.1, 0.15) is 5.25 Å². The summed E-state index contributed by atoms with van der Waals surface area (Å²) in [5, 5.41) is 20.5. The van der Waals surface area contributed by atoms with Gasteiger partial charge in [-0.3, -0.25) is 0 Å². The number of carbonyl (C=O) groups is 1. The average Bonchev–Trinajstić information content (AvgIpc) is 2.70. The lowest BCUT2D eigenvalue weighted by atomic mass is 9.90. The number of amides is 2. The Labute approximate surface area is 178 Å². The zero-order chi connectivity index (χ0) is 21.9. The van der Waals surface area contributed by atoms with Gasteiger partial charge in [0, 0.05) is 26.2 Å². The summed E-state index contributed by atoms with van der Waals surface area (Å²) >= 11 is 0. The number of aliphatic hydroxyl groups excluding tert-OH is 1. The zero-order valence-corrected chi connectivity index (χ0v) is 18.3. The van der Waals surface area contributed by atoms with E-state index < -0.39 is 15.3 Å². The lowest BCUT2D eigenvalue weighted by Gasteiger charge is -2.42. The van der Waals surface area contributed by atoms with Crippen LogP contribution in [0.15, 0.2) is 24.3 Å². The molecule has 2 fully saturated rings. The first-order chi connectivity index (χ1) is 14.3. The number of carbonyl (C=O) groups excluding carboxylic acids is 1. The van der Waals surface area contributed by atoms with Gasteiger partial charge in [-0.2, -0.15) is 5.26 Å². The molecule has 2 aliphatic heterocycles. The highest BCUT2D eigenvalue weighted by molar-refractivity contribution is 7.89. The Morgan fingerprint density at radius 1 is 1.23 bits per heavy atom. The van der Waals surface area contributed by atoms with Crippen LogP contribution in [-0.4, -0.2) is 72.8 Å². The number of aliphatic hydroxyl groups is 1. The van der Waals surface area contributed by atoms with Crippen molar-refractivity contribution in [1.82, 2.24) is 14.5 Å². The second-order valence-corrected chi connectivity index (χ2v) is 10.7. The van der Waals surface area contributed by atoms with Crippen LogP contribution in [0.1, 0.15) is 43.7 Å². The van der Waals surface area contributed by atoms with Gasteiger partial charge in [0.2, 0.25) is 10.0 Å². The minimum atomic E-state index is -3.44. The van der Waals surface area contributed by atoms with E-state index in [2.05, 4.69) is 11.4 Å². The number of urea groups is 1. The van der Waals surface area contributed by atoms with E-state index in [1.165, 1.54) is 4.90 Å². The summed E-state index contributed by atoms with van der Waals surface area (Å²) in [5.74, 6) is 0.386. The molecule has 9 heteroatoms. The van der Waals surface area contributed by atoms with Crippen LogP contribution in [0.25, 0.3) is 0 Å². The van der Waals surface area contributed by atoms with Gasteiger partial charge in [-0.15, -0.1) is 0 Å². The van der Waals surface area contributed by atoms with Crippen molar-refractivity contribution in [3.05, 3.63) is 35.4 Å². The van der Waals surface area contributed by atoms with Crippen molar-refractivity contribution in [2.45, 2.75) is 43.9 Å². The van der Waals surface area contributed by atoms with Crippen LogP contribution in [0.5, 0.6) is 0 Å². The number of hydrogen-bond acceptors (Lipinski definition) is 5. The van der Waals surface area contributed by atoms with Crippen LogP contribution in [0.2, 0.25) is 0 Å². The topological polar surface area (TPSA) is 114 Å². The average molecular weight is 435 g/mol. The van der Waals surface area contributed by atoms with E-state index >= 15 is 0 Å². The fourth-order valence-electron chi connectivity index (χ4n) is 3.95. The van der Waals surface area contributed by atoms with Crippen LogP contribution < -0.4 is 5.32 Å². The number of sulfonamides is 1. The summed E-state index contributed by atoms with van der Waals surface area (Å²) in [5.41, 5.74) is 1.76. The molecule has 0 aliphatic carbocycles. The Morgan fingerprint density at radius 2 is 1.83 bits per heavy atom. The Kier molecular flexibility index (Phi) is 7.01. The van der Waals surface area contributed by atoms with Crippen LogP contribution in [0.3, 0.4) is 0 Å². The van der Waals surface area contributed by atoms with Crippen molar-refractivity contribution in [1.29, 1.82) is 5.26 Å². The van der Waals surface area contributed by atoms with Crippen molar-refractivity contribution in [3.8, 4) is 6.07 Å². The molecule has 3 rings (SSSR count). The fraction of sp³-hybridized carbons (Fsp3) is 0.619. The van der Waals surface area contributed by atoms with E-state index in [9.17, 15) is 18.3 Å². The van der Waals surface area contributed by atoms with Crippen LogP contribution >= 0.6 is 0 Å². The molecule has 2 N–H and O–H groups in total. The predicted octanol–water partition coefficient (Wildman–Crippen LogP) is 1.48. The number of likely N-dealkylation sites (tertiary alicyclic amines) is 1. The molecule has 1 aromatic rings. The molecule has 1 atom stereocenters. The molecule has 30 heavy (non-hydrogen) atoms. The molecule has 1 unspecified atom stereocenters. The highest BCUT2D eigenvalue weighted by Gasteiger charge is 2.44. The monoisotopic (exact) mass is 434 g/mol. The molecule has 0 aromatic heterocycles. The third kappa shape index (κ3) is 4.77. The molecule has 8 nitrogen and oxygen atoms in total. The van der Waals surface area contributed by atoms with Gasteiger partial charge in [0.25, 0.3) is 0 Å². The van der Waals surface area contributed by atoms with E-state index in [1.54, 1.807) is 16.4 Å². The Morgan fingerprint density at radius 3 is 2.33 bits per heavy atom. The second kappa shape index (κ2) is 9.33. The first kappa shape index (κ1) is 22.5. The highest BCUT2D eigenvalue weighted by Crippen LogP contribution is 2.31. The molecule has 0 bridgehead atoms. The van der Waals surface area contributed by atoms with Gasteiger partial charge in [0.05, 0.1) is 24.3 Å². The van der Waals surface area contributed by atoms with Crippen molar-refractivity contribution in [2.75, 3.05) is 32.8 Å². The largest absolute Gasteiger partial charge is 0.394 e. The number of nitrogens with one attached hydrogen (secondary N) is 1. The maximum Gasteiger partial charge on any atom is 0.317 e. The molecule has 2 saturated heterocycles. The number of hydrogen-bond donors (Lipinski definition) is 2. The number of benzene rings is 1. The Bertz CT molecular complexity index is 881. The van der Waals surface area contributed by atoms with E-state index in [-0.39, 0.29) is 37.7 Å². The summed E-state index contributed by atoms with van der Waals surface area (Å²) in [6.07, 6.45) is 1.49. The Hall–Kier alpha value is -2.15. The molecule has 0 saturated carbocycles. The smallest absolute Gasteiger partial charge is 0.317 e. The number of nitriles is 1. The Balaban J connectivity index is 1.50. The lowest BCUT2D eigenvalue weighted by Crippen LogP contribution is -2.63. The van der Waals surface area contributed by atoms with Gasteiger partial charge in [-0.25, -0.2) is 17.5 Å². The lowest BCUT2D eigenvalue weighted by molar-refractivity contribution is 0.148. The quantitative estimate of drug-likeness (QED) is 0.704. The minimum Gasteiger partial charge on any atom is -0.394 e. The molecule has 164 valence electrons. The van der Waals surface area contributed by atoms with E-state index in [1.807, 2.05) is 26.0 Å². The molecule has 2 heterocycles. The van der Waals surface area contributed by atoms with Gasteiger partial charge < -0.3 is 15.3 Å². The number of rotatable bonds is 6. The maximum absolute atomic E-state index is 12.9. The van der Waals surface area contributed by atoms with Crippen molar-refractivity contribution in [3.63, 3.8) is 0 Å². The zero-order valence-electron chi connectivity index (χ0n) is 17.5. The number of nitrogens with zero attached hydrogens (tertiary/aromatic N) is 3. The van der Waals surface area contributed by atoms with Crippen molar-refractivity contribution >= 4 is 16.1 Å². The molecular weight excluding hydrogens is 404 g/mol. The molecule has 0 spiro atoms. The van der Waals surface area contributed by atoms with Crippen LogP contribution in [0, 0.1) is 17.2 Å². The summed E-state index contributed by atoms with van der Waals surface area (Å²) in [6, 6.07) is 8.94. The van der Waals surface area contributed by atoms with Gasteiger partial charge in [0.15, 0.2) is 0 Å². The van der Waals surface area contributed by atoms with Gasteiger partial charge in [-0.1, -0.05) is 26.0 Å². The van der Waals surface area contributed by atoms with Crippen molar-refractivity contribution in [2.24, 2.45) is 5.92 Å². The third-order valence-electron chi connectivity index (χ3n) is 6.19. The summed E-state index contributed by atoms with van der Waals surface area (Å²) in [6.45, 7) is 4.97. The SMILES string of the molecule is CC(C)C(CO)NC(=O)N1CC(S(=O)(=O)N2CCC(c3ccc(C#N)cc3)CC2)C1. The van der Waals surface area contributed by atoms with E-state index in [0.717, 1.165) is 18.4 Å². The fourth-order valence-corrected chi connectivity index (χ4v) is 5.83. The van der Waals surface area contributed by atoms with Crippen LogP contribution in [0.4, 0.5) is 4.79 Å². The van der Waals surface area contributed by atoms with Crippen molar-refractivity contribution < 1.29 is 18.3 Å². The first-order valence-electron chi connectivity index (χ1n) is 10.4. The first-order valence-corrected chi connectivity index (χ1v) is 11.9. The standard InChI is InChI=1S/C21H30N4O4S/c1-15(2)20(14-26)23-21(27)24-12-19(13-24)30(28,29)25-9-7-18(8-10-25)17-5-3-16(11-22)4-6-17/h3-6,15,18-20,26H,7-10,12-14H2,1-2H3,(H,23,27). The highest BCUT2D eigenvalue weighted by atomic mass is 32.2. The summed E-state index contributed by atoms with van der Waals surface area (Å²) in [7, 11) is -3.44. The molecule has 2 aliphatic rings. The molecular formula is C21H30N4O4S. The predicted molar refractivity (Wildman–Crippen MR) is 113 cm³/mol. The van der Waals surface area contributed by atoms with Crippen LogP contribution in [-0.2, 0) is 10.0 Å². The second-order valence-electron chi connectivity index (χ2n) is 8.46. The van der Waals surface area contributed by atoms with Gasteiger partial charge in [-0.05, 0) is 42.4 Å². The molecule has 1 aromatic carbocycles. The number of piperidine rings is 1. The van der Waals surface area contributed by atoms with E-state index in [4.69, 9.17) is 5.26 Å². The third-order valence-corrected chi connectivity index (χ3v) is 8.42. The summed E-state index contributed by atoms with van der Waals surface area (Å²) < 4.78 is 27.4. The molecule has 0 radical (unpaired) electrons. The molecule has 2 amide bonds. The summed E-state index contributed by atoms with van der Waals surface area (Å²) in [4.78, 5) is 13.8.